The molecular formula is C9H18O2. The highest BCUT2D eigenvalue weighted by molar-refractivity contribution is 4.93. The van der Waals surface area contributed by atoms with Gasteiger partial charge >= 0.3 is 0 Å². The van der Waals surface area contributed by atoms with Gasteiger partial charge in [0.1, 0.15) is 6.10 Å². The van der Waals surface area contributed by atoms with E-state index in [9.17, 15) is 5.11 Å². The van der Waals surface area contributed by atoms with Crippen molar-refractivity contribution in [3.05, 3.63) is 0 Å². The fourth-order valence-electron chi connectivity index (χ4n) is 1.33. The minimum absolute atomic E-state index is 0.106. The van der Waals surface area contributed by atoms with Crippen molar-refractivity contribution in [2.24, 2.45) is 11.8 Å². The molecule has 3 atom stereocenters. The Morgan fingerprint density at radius 2 is 1.64 bits per heavy atom. The molecule has 0 aromatic carbocycles. The van der Waals surface area contributed by atoms with E-state index >= 15 is 0 Å². The number of hydrogen-bond acceptors (Lipinski definition) is 2. The van der Waals surface area contributed by atoms with Gasteiger partial charge in [0.2, 0.25) is 0 Å². The summed E-state index contributed by atoms with van der Waals surface area (Å²) in [6.07, 6.45) is 0.129. The average Bonchev–Trinajstić information content (AvgIpc) is 2.63. The first-order valence-corrected chi connectivity index (χ1v) is 4.37. The lowest BCUT2D eigenvalue weighted by atomic mass is 9.98. The maximum Gasteiger partial charge on any atom is 0.110 e. The van der Waals surface area contributed by atoms with Crippen molar-refractivity contribution in [2.75, 3.05) is 0 Å². The van der Waals surface area contributed by atoms with E-state index in [0.29, 0.717) is 17.9 Å². The van der Waals surface area contributed by atoms with Crippen LogP contribution in [0.4, 0.5) is 0 Å². The molecule has 0 aliphatic carbocycles. The van der Waals surface area contributed by atoms with Crippen molar-refractivity contribution in [3.63, 3.8) is 0 Å². The second kappa shape index (κ2) is 3.11. The summed E-state index contributed by atoms with van der Waals surface area (Å²) in [6, 6.07) is 0. The third kappa shape index (κ3) is 1.94. The van der Waals surface area contributed by atoms with Gasteiger partial charge in [0.05, 0.1) is 12.2 Å². The zero-order valence-electron chi connectivity index (χ0n) is 7.74. The van der Waals surface area contributed by atoms with Gasteiger partial charge in [0.15, 0.2) is 0 Å². The summed E-state index contributed by atoms with van der Waals surface area (Å²) in [4.78, 5) is 0. The Bertz CT molecular complexity index is 132. The Kier molecular flexibility index (Phi) is 2.55. The topological polar surface area (TPSA) is 32.8 Å². The van der Waals surface area contributed by atoms with Crippen LogP contribution in [0, 0.1) is 11.8 Å². The van der Waals surface area contributed by atoms with Gasteiger partial charge in [-0.3, -0.25) is 0 Å². The van der Waals surface area contributed by atoms with Crippen LogP contribution in [-0.4, -0.2) is 23.4 Å². The summed E-state index contributed by atoms with van der Waals surface area (Å²) in [5.74, 6) is 0.845. The van der Waals surface area contributed by atoms with Crippen LogP contribution < -0.4 is 0 Å². The second-order valence-electron chi connectivity index (χ2n) is 4.04. The predicted molar refractivity (Wildman–Crippen MR) is 44.3 cm³/mol. The van der Waals surface area contributed by atoms with E-state index in [4.69, 9.17) is 4.74 Å². The minimum Gasteiger partial charge on any atom is -0.390 e. The number of aliphatic hydroxyl groups is 1. The minimum atomic E-state index is -0.276. The fourth-order valence-corrected chi connectivity index (χ4v) is 1.33. The van der Waals surface area contributed by atoms with Crippen molar-refractivity contribution < 1.29 is 9.84 Å². The molecule has 0 saturated carbocycles. The predicted octanol–water partition coefficient (Wildman–Crippen LogP) is 1.43. The summed E-state index contributed by atoms with van der Waals surface area (Å²) in [6.45, 7) is 8.28. The number of hydrogen-bond donors (Lipinski definition) is 1. The molecule has 1 aliphatic rings. The largest absolute Gasteiger partial charge is 0.390 e. The van der Waals surface area contributed by atoms with Crippen LogP contribution in [0.25, 0.3) is 0 Å². The molecule has 0 spiro atoms. The quantitative estimate of drug-likeness (QED) is 0.630. The molecular weight excluding hydrogens is 140 g/mol. The Balaban J connectivity index is 2.31. The van der Waals surface area contributed by atoms with E-state index in [-0.39, 0.29) is 12.2 Å². The number of aliphatic hydroxyl groups excluding tert-OH is 1. The molecule has 0 bridgehead atoms. The normalized spacial score (nSPS) is 33.0. The fraction of sp³-hybridized carbons (Fsp3) is 1.00. The maximum atomic E-state index is 9.56. The highest BCUT2D eigenvalue weighted by atomic mass is 16.6. The molecule has 0 aromatic heterocycles. The third-order valence-electron chi connectivity index (χ3n) is 2.24. The zero-order valence-corrected chi connectivity index (χ0v) is 7.74. The van der Waals surface area contributed by atoms with Crippen LogP contribution in [0.5, 0.6) is 0 Å². The van der Waals surface area contributed by atoms with Crippen molar-refractivity contribution >= 4 is 0 Å². The van der Waals surface area contributed by atoms with Crippen LogP contribution in [0.1, 0.15) is 27.7 Å². The van der Waals surface area contributed by atoms with Crippen molar-refractivity contribution in [3.8, 4) is 0 Å². The first kappa shape index (κ1) is 9.01. The molecule has 1 N–H and O–H groups in total. The van der Waals surface area contributed by atoms with Gasteiger partial charge in [-0.2, -0.15) is 0 Å². The monoisotopic (exact) mass is 158 g/mol. The average molecular weight is 158 g/mol. The van der Waals surface area contributed by atoms with Crippen LogP contribution in [0.3, 0.4) is 0 Å². The summed E-state index contributed by atoms with van der Waals surface area (Å²) >= 11 is 0. The van der Waals surface area contributed by atoms with Gasteiger partial charge in [0.25, 0.3) is 0 Å². The van der Waals surface area contributed by atoms with E-state index in [1.54, 1.807) is 0 Å². The van der Waals surface area contributed by atoms with Crippen LogP contribution in [0.15, 0.2) is 0 Å². The number of ether oxygens (including phenoxy) is 1. The molecule has 1 heterocycles. The lowest BCUT2D eigenvalue weighted by molar-refractivity contribution is 0.0922. The van der Waals surface area contributed by atoms with Crippen molar-refractivity contribution in [2.45, 2.75) is 46.0 Å². The molecule has 0 radical (unpaired) electrons. The molecule has 66 valence electrons. The van der Waals surface area contributed by atoms with Gasteiger partial charge in [0, 0.05) is 0 Å². The second-order valence-corrected chi connectivity index (χ2v) is 4.04. The lowest BCUT2D eigenvalue weighted by Crippen LogP contribution is -2.24. The molecule has 0 unspecified atom stereocenters. The Hall–Kier alpha value is -0.0800. The summed E-state index contributed by atoms with van der Waals surface area (Å²) in [5, 5.41) is 9.56. The van der Waals surface area contributed by atoms with Gasteiger partial charge in [-0.05, 0) is 11.8 Å². The number of epoxide rings is 1. The first-order valence-electron chi connectivity index (χ1n) is 4.37. The van der Waals surface area contributed by atoms with Gasteiger partial charge in [-0.1, -0.05) is 27.7 Å². The van der Waals surface area contributed by atoms with Gasteiger partial charge in [-0.25, -0.2) is 0 Å². The highest BCUT2D eigenvalue weighted by Gasteiger charge is 2.46. The van der Waals surface area contributed by atoms with Gasteiger partial charge in [-0.15, -0.1) is 0 Å². The lowest BCUT2D eigenvalue weighted by Gasteiger charge is -2.11. The molecule has 0 aromatic rings. The van der Waals surface area contributed by atoms with E-state index in [2.05, 4.69) is 13.8 Å². The molecule has 2 heteroatoms. The molecule has 1 rings (SSSR count). The molecule has 0 amide bonds. The van der Waals surface area contributed by atoms with E-state index in [1.807, 2.05) is 13.8 Å². The SMILES string of the molecule is CC(C)[C@@H](O)[C@H]1O[C@@H]1C(C)C. The van der Waals surface area contributed by atoms with Crippen LogP contribution in [-0.2, 0) is 4.74 Å². The Labute approximate surface area is 68.6 Å². The number of rotatable bonds is 3. The summed E-state index contributed by atoms with van der Waals surface area (Å²) in [5.41, 5.74) is 0. The Morgan fingerprint density at radius 1 is 1.09 bits per heavy atom. The molecule has 11 heavy (non-hydrogen) atoms. The van der Waals surface area contributed by atoms with E-state index < -0.39 is 0 Å². The van der Waals surface area contributed by atoms with Crippen LogP contribution >= 0.6 is 0 Å². The molecule has 1 fully saturated rings. The molecule has 1 aliphatic heterocycles. The van der Waals surface area contributed by atoms with Crippen molar-refractivity contribution in [1.82, 2.24) is 0 Å². The zero-order chi connectivity index (χ0) is 8.59. The van der Waals surface area contributed by atoms with Crippen LogP contribution in [0.2, 0.25) is 0 Å². The van der Waals surface area contributed by atoms with Gasteiger partial charge < -0.3 is 9.84 Å². The summed E-state index contributed by atoms with van der Waals surface area (Å²) in [7, 11) is 0. The molecule has 2 nitrogen and oxygen atoms in total. The maximum absolute atomic E-state index is 9.56. The third-order valence-corrected chi connectivity index (χ3v) is 2.24. The first-order chi connectivity index (χ1) is 5.04. The highest BCUT2D eigenvalue weighted by Crippen LogP contribution is 2.33. The van der Waals surface area contributed by atoms with E-state index in [1.165, 1.54) is 0 Å². The molecule has 1 saturated heterocycles. The summed E-state index contributed by atoms with van der Waals surface area (Å²) < 4.78 is 5.35. The smallest absolute Gasteiger partial charge is 0.110 e. The van der Waals surface area contributed by atoms with Crippen molar-refractivity contribution in [1.29, 1.82) is 0 Å². The van der Waals surface area contributed by atoms with E-state index in [0.717, 1.165) is 0 Å². The Morgan fingerprint density at radius 3 is 1.91 bits per heavy atom. The standard InChI is InChI=1S/C9H18O2/c1-5(2)7(10)9-8(11-9)6(3)4/h5-10H,1-4H3/t7-,8-,9-/m1/s1.